The van der Waals surface area contributed by atoms with E-state index in [-0.39, 0.29) is 11.7 Å². The Morgan fingerprint density at radius 1 is 1.12 bits per heavy atom. The van der Waals surface area contributed by atoms with E-state index in [1.807, 2.05) is 42.5 Å². The number of nitrogens with zero attached hydrogens (tertiary/aromatic N) is 4. The van der Waals surface area contributed by atoms with Crippen molar-refractivity contribution < 1.29 is 14.3 Å². The number of methoxy groups -OCH3 is 2. The Balaban J connectivity index is 1.42. The SMILES string of the molecule is COc1ccc([C@@H]2CC(=O)c3cn4nc(SCc5ccccc5Cl)nc4nc3C2)c(OC)c1. The first-order valence-corrected chi connectivity index (χ1v) is 11.8. The van der Waals surface area contributed by atoms with Crippen LogP contribution in [0.15, 0.2) is 53.8 Å². The Morgan fingerprint density at radius 2 is 1.97 bits per heavy atom. The molecule has 0 radical (unpaired) electrons. The van der Waals surface area contributed by atoms with E-state index < -0.39 is 0 Å². The summed E-state index contributed by atoms with van der Waals surface area (Å²) in [5.41, 5.74) is 3.31. The van der Waals surface area contributed by atoms with Crippen LogP contribution in [0.3, 0.4) is 0 Å². The summed E-state index contributed by atoms with van der Waals surface area (Å²) in [5.74, 6) is 2.55. The average molecular weight is 481 g/mol. The highest BCUT2D eigenvalue weighted by Crippen LogP contribution is 2.38. The zero-order valence-corrected chi connectivity index (χ0v) is 19.7. The van der Waals surface area contributed by atoms with Crippen molar-refractivity contribution in [1.29, 1.82) is 0 Å². The van der Waals surface area contributed by atoms with Gasteiger partial charge in [0.25, 0.3) is 5.78 Å². The van der Waals surface area contributed by atoms with Gasteiger partial charge in [0.15, 0.2) is 5.78 Å². The van der Waals surface area contributed by atoms with Crippen molar-refractivity contribution in [2.24, 2.45) is 0 Å². The second kappa shape index (κ2) is 9.03. The third-order valence-corrected chi connectivity index (χ3v) is 7.01. The van der Waals surface area contributed by atoms with E-state index >= 15 is 0 Å². The summed E-state index contributed by atoms with van der Waals surface area (Å²) >= 11 is 7.73. The van der Waals surface area contributed by atoms with Crippen LogP contribution in [0.5, 0.6) is 11.5 Å². The molecule has 1 aliphatic rings. The van der Waals surface area contributed by atoms with Gasteiger partial charge in [0, 0.05) is 35.4 Å². The van der Waals surface area contributed by atoms with Crippen LogP contribution in [-0.4, -0.2) is 39.6 Å². The lowest BCUT2D eigenvalue weighted by atomic mass is 9.82. The van der Waals surface area contributed by atoms with E-state index in [2.05, 4.69) is 15.1 Å². The highest BCUT2D eigenvalue weighted by Gasteiger charge is 2.30. The molecule has 0 unspecified atom stereocenters. The van der Waals surface area contributed by atoms with Crippen LogP contribution in [0.1, 0.15) is 39.5 Å². The lowest BCUT2D eigenvalue weighted by Crippen LogP contribution is -2.21. The van der Waals surface area contributed by atoms with Crippen LogP contribution in [0, 0.1) is 0 Å². The van der Waals surface area contributed by atoms with E-state index in [1.54, 1.807) is 24.9 Å². The largest absolute Gasteiger partial charge is 0.497 e. The fraction of sp³-hybridized carbons (Fsp3) is 0.250. The smallest absolute Gasteiger partial charge is 0.253 e. The number of benzene rings is 2. The van der Waals surface area contributed by atoms with Crippen LogP contribution < -0.4 is 9.47 Å². The number of carbonyl (C=O) groups is 1. The number of fused-ring (bicyclic) bond motifs is 2. The molecule has 0 saturated heterocycles. The molecule has 1 aliphatic carbocycles. The first-order valence-electron chi connectivity index (χ1n) is 10.4. The van der Waals surface area contributed by atoms with Crippen LogP contribution in [-0.2, 0) is 12.2 Å². The first-order chi connectivity index (χ1) is 16.1. The van der Waals surface area contributed by atoms with Gasteiger partial charge in [0.1, 0.15) is 11.5 Å². The molecule has 33 heavy (non-hydrogen) atoms. The Bertz CT molecular complexity index is 1360. The highest BCUT2D eigenvalue weighted by molar-refractivity contribution is 7.98. The van der Waals surface area contributed by atoms with Gasteiger partial charge in [0.05, 0.1) is 25.5 Å². The van der Waals surface area contributed by atoms with Gasteiger partial charge in [-0.25, -0.2) is 9.50 Å². The lowest BCUT2D eigenvalue weighted by molar-refractivity contribution is 0.0962. The molecule has 4 aromatic rings. The Kier molecular flexibility index (Phi) is 5.95. The third-order valence-electron chi connectivity index (χ3n) is 5.76. The zero-order valence-electron chi connectivity index (χ0n) is 18.1. The van der Waals surface area contributed by atoms with Crippen molar-refractivity contribution in [1.82, 2.24) is 19.6 Å². The molecule has 0 N–H and O–H groups in total. The number of thioether (sulfide) groups is 1. The van der Waals surface area contributed by atoms with Crippen molar-refractivity contribution in [3.8, 4) is 11.5 Å². The van der Waals surface area contributed by atoms with E-state index in [9.17, 15) is 4.79 Å². The molecule has 0 spiro atoms. The van der Waals surface area contributed by atoms with Crippen LogP contribution in [0.2, 0.25) is 5.02 Å². The summed E-state index contributed by atoms with van der Waals surface area (Å²) in [4.78, 5) is 22.2. The molecule has 0 fully saturated rings. The van der Waals surface area contributed by atoms with Gasteiger partial charge in [-0.2, -0.15) is 4.98 Å². The summed E-state index contributed by atoms with van der Waals surface area (Å²) in [6.07, 6.45) is 2.74. The predicted octanol–water partition coefficient (Wildman–Crippen LogP) is 5.00. The third kappa shape index (κ3) is 4.28. The molecule has 0 bridgehead atoms. The van der Waals surface area contributed by atoms with Gasteiger partial charge in [-0.1, -0.05) is 47.6 Å². The molecule has 1 atom stereocenters. The van der Waals surface area contributed by atoms with Crippen LogP contribution in [0.4, 0.5) is 0 Å². The molecule has 2 heterocycles. The number of rotatable bonds is 6. The van der Waals surface area contributed by atoms with Gasteiger partial charge in [-0.05, 0) is 29.7 Å². The molecule has 168 valence electrons. The average Bonchev–Trinajstić information content (AvgIpc) is 3.23. The zero-order chi connectivity index (χ0) is 22.9. The molecule has 0 saturated carbocycles. The maximum atomic E-state index is 13.0. The molecule has 2 aromatic heterocycles. The fourth-order valence-electron chi connectivity index (χ4n) is 4.06. The van der Waals surface area contributed by atoms with E-state index in [4.69, 9.17) is 21.1 Å². The van der Waals surface area contributed by atoms with E-state index in [0.717, 1.165) is 16.8 Å². The first kappa shape index (κ1) is 21.7. The minimum Gasteiger partial charge on any atom is -0.497 e. The molecule has 0 aliphatic heterocycles. The quantitative estimate of drug-likeness (QED) is 0.359. The topological polar surface area (TPSA) is 78.6 Å². The monoisotopic (exact) mass is 480 g/mol. The molecular formula is C24H21ClN4O3S. The normalized spacial score (nSPS) is 15.5. The number of ether oxygens (including phenoxy) is 2. The Hall–Kier alpha value is -3.10. The number of ketones is 1. The Labute approximate surface area is 200 Å². The molecular weight excluding hydrogens is 460 g/mol. The van der Waals surface area contributed by atoms with Crippen molar-refractivity contribution in [3.63, 3.8) is 0 Å². The van der Waals surface area contributed by atoms with E-state index in [0.29, 0.717) is 51.6 Å². The summed E-state index contributed by atoms with van der Waals surface area (Å²) < 4.78 is 12.4. The number of aromatic nitrogens is 4. The van der Waals surface area contributed by atoms with Crippen molar-refractivity contribution in [3.05, 3.63) is 76.1 Å². The fourth-order valence-corrected chi connectivity index (χ4v) is 5.17. The predicted molar refractivity (Wildman–Crippen MR) is 127 cm³/mol. The molecule has 9 heteroatoms. The number of Topliss-reactive ketones (excluding diaryl/α,β-unsaturated/α-hetero) is 1. The minimum absolute atomic E-state index is 0.0298. The van der Waals surface area contributed by atoms with Crippen molar-refractivity contribution in [2.75, 3.05) is 14.2 Å². The second-order valence-electron chi connectivity index (χ2n) is 7.76. The summed E-state index contributed by atoms with van der Waals surface area (Å²) in [6.45, 7) is 0. The lowest BCUT2D eigenvalue weighted by Gasteiger charge is -2.24. The van der Waals surface area contributed by atoms with Gasteiger partial charge < -0.3 is 9.47 Å². The van der Waals surface area contributed by atoms with Crippen LogP contribution >= 0.6 is 23.4 Å². The number of halogens is 1. The molecule has 2 aromatic carbocycles. The molecule has 5 rings (SSSR count). The van der Waals surface area contributed by atoms with Gasteiger partial charge >= 0.3 is 0 Å². The summed E-state index contributed by atoms with van der Waals surface area (Å²) in [7, 11) is 3.24. The highest BCUT2D eigenvalue weighted by atomic mass is 35.5. The number of hydrogen-bond donors (Lipinski definition) is 0. The minimum atomic E-state index is -0.0298. The van der Waals surface area contributed by atoms with Crippen molar-refractivity contribution in [2.45, 2.75) is 29.7 Å². The number of hydrogen-bond acceptors (Lipinski definition) is 7. The standard InChI is InChI=1S/C24H21ClN4O3S/c1-31-16-7-8-17(22(11-16)32-2)15-9-20-18(21(30)10-15)12-29-23(26-20)27-24(28-29)33-13-14-5-3-4-6-19(14)25/h3-8,11-12,15H,9-10,13H2,1-2H3/t15-/m0/s1. The molecule has 0 amide bonds. The Morgan fingerprint density at radius 3 is 2.76 bits per heavy atom. The maximum Gasteiger partial charge on any atom is 0.253 e. The van der Waals surface area contributed by atoms with E-state index in [1.165, 1.54) is 11.8 Å². The van der Waals surface area contributed by atoms with Crippen LogP contribution in [0.25, 0.3) is 5.78 Å². The summed E-state index contributed by atoms with van der Waals surface area (Å²) in [5, 5.41) is 5.80. The van der Waals surface area contributed by atoms with Gasteiger partial charge in [-0.15, -0.1) is 5.10 Å². The van der Waals surface area contributed by atoms with Gasteiger partial charge in [0.2, 0.25) is 5.16 Å². The maximum absolute atomic E-state index is 13.0. The summed E-state index contributed by atoms with van der Waals surface area (Å²) in [6, 6.07) is 13.4. The number of carbonyl (C=O) groups excluding carboxylic acids is 1. The van der Waals surface area contributed by atoms with Gasteiger partial charge in [-0.3, -0.25) is 4.79 Å². The molecule has 7 nitrogen and oxygen atoms in total. The van der Waals surface area contributed by atoms with Crippen molar-refractivity contribution >= 4 is 34.9 Å². The second-order valence-corrected chi connectivity index (χ2v) is 9.11.